The monoisotopic (exact) mass is 349 g/mol. The molecule has 26 heavy (non-hydrogen) atoms. The third-order valence-corrected chi connectivity index (χ3v) is 5.81. The Balaban J connectivity index is 1.52. The van der Waals surface area contributed by atoms with Gasteiger partial charge in [0, 0.05) is 37.6 Å². The number of piperazine rings is 1. The molecule has 4 nitrogen and oxygen atoms in total. The van der Waals surface area contributed by atoms with Crippen LogP contribution >= 0.6 is 0 Å². The highest BCUT2D eigenvalue weighted by Crippen LogP contribution is 2.33. The molecule has 1 aromatic heterocycles. The second-order valence-electron chi connectivity index (χ2n) is 7.46. The molecule has 4 rings (SSSR count). The van der Waals surface area contributed by atoms with Crippen molar-refractivity contribution in [2.75, 3.05) is 19.6 Å². The molecule has 0 radical (unpaired) electrons. The quantitative estimate of drug-likeness (QED) is 0.913. The summed E-state index contributed by atoms with van der Waals surface area (Å²) in [6.45, 7) is 2.34. The van der Waals surface area contributed by atoms with Crippen LogP contribution in [-0.4, -0.2) is 35.4 Å². The molecule has 1 saturated heterocycles. The van der Waals surface area contributed by atoms with Gasteiger partial charge in [-0.3, -0.25) is 9.78 Å². The van der Waals surface area contributed by atoms with E-state index in [0.29, 0.717) is 5.92 Å². The Kier molecular flexibility index (Phi) is 5.30. The Morgan fingerprint density at radius 3 is 2.58 bits per heavy atom. The van der Waals surface area contributed by atoms with Crippen LogP contribution in [0.1, 0.15) is 65.5 Å². The lowest BCUT2D eigenvalue weighted by molar-refractivity contribution is 0.0634. The number of aromatic nitrogens is 1. The van der Waals surface area contributed by atoms with Crippen molar-refractivity contribution >= 4 is 5.91 Å². The lowest BCUT2D eigenvalue weighted by Gasteiger charge is -2.36. The van der Waals surface area contributed by atoms with Gasteiger partial charge in [0.2, 0.25) is 0 Å². The van der Waals surface area contributed by atoms with E-state index in [2.05, 4.69) is 28.5 Å². The van der Waals surface area contributed by atoms with Gasteiger partial charge in [0.1, 0.15) is 0 Å². The number of rotatable bonds is 3. The fourth-order valence-corrected chi connectivity index (χ4v) is 4.32. The molecule has 1 unspecified atom stereocenters. The predicted molar refractivity (Wildman–Crippen MR) is 103 cm³/mol. The van der Waals surface area contributed by atoms with Gasteiger partial charge >= 0.3 is 0 Å². The summed E-state index contributed by atoms with van der Waals surface area (Å²) in [5, 5.41) is 3.40. The Labute approximate surface area is 155 Å². The fraction of sp³-hybridized carbons (Fsp3) is 0.455. The third-order valence-electron chi connectivity index (χ3n) is 5.81. The Morgan fingerprint density at radius 2 is 1.85 bits per heavy atom. The number of pyridine rings is 1. The van der Waals surface area contributed by atoms with Gasteiger partial charge in [-0.1, -0.05) is 37.5 Å². The van der Waals surface area contributed by atoms with Crippen LogP contribution in [-0.2, 0) is 0 Å². The van der Waals surface area contributed by atoms with Gasteiger partial charge in [0.25, 0.3) is 5.91 Å². The van der Waals surface area contributed by atoms with Gasteiger partial charge in [0.15, 0.2) is 0 Å². The molecule has 1 N–H and O–H groups in total. The molecule has 0 bridgehead atoms. The summed E-state index contributed by atoms with van der Waals surface area (Å²) in [6.07, 6.45) is 10.2. The molecule has 4 heteroatoms. The van der Waals surface area contributed by atoms with E-state index in [1.54, 1.807) is 6.20 Å². The highest BCUT2D eigenvalue weighted by molar-refractivity contribution is 5.94. The molecule has 0 spiro atoms. The average Bonchev–Trinajstić information content (AvgIpc) is 2.75. The Hall–Kier alpha value is -2.20. The molecule has 1 saturated carbocycles. The number of carbonyl (C=O) groups is 1. The van der Waals surface area contributed by atoms with E-state index in [0.717, 1.165) is 30.8 Å². The van der Waals surface area contributed by atoms with Crippen molar-refractivity contribution in [3.8, 4) is 0 Å². The standard InChI is InChI=1S/C22H27N3O/c26-22(19-10-8-18(9-11-19)17-5-2-1-3-6-17)25-14-13-24-16-21(25)20-7-4-12-23-15-20/h4,7-12,15,17,21,24H,1-3,5-6,13-14,16H2. The van der Waals surface area contributed by atoms with Crippen molar-refractivity contribution in [3.63, 3.8) is 0 Å². The number of nitrogens with one attached hydrogen (secondary N) is 1. The zero-order valence-electron chi connectivity index (χ0n) is 15.2. The first-order chi connectivity index (χ1) is 12.8. The second-order valence-corrected chi connectivity index (χ2v) is 7.46. The van der Waals surface area contributed by atoms with Crippen LogP contribution in [0.5, 0.6) is 0 Å². The number of amides is 1. The molecular weight excluding hydrogens is 322 g/mol. The summed E-state index contributed by atoms with van der Waals surface area (Å²) < 4.78 is 0. The first-order valence-electron chi connectivity index (χ1n) is 9.84. The maximum absolute atomic E-state index is 13.1. The van der Waals surface area contributed by atoms with E-state index in [1.165, 1.54) is 37.7 Å². The number of benzene rings is 1. The molecule has 1 aromatic carbocycles. The smallest absolute Gasteiger partial charge is 0.254 e. The predicted octanol–water partition coefficient (Wildman–Crippen LogP) is 3.92. The Bertz CT molecular complexity index is 723. The molecule has 2 heterocycles. The summed E-state index contributed by atoms with van der Waals surface area (Å²) in [6, 6.07) is 12.4. The summed E-state index contributed by atoms with van der Waals surface area (Å²) in [4.78, 5) is 19.4. The van der Waals surface area contributed by atoms with Crippen LogP contribution in [0.4, 0.5) is 0 Å². The van der Waals surface area contributed by atoms with Crippen molar-refractivity contribution in [2.45, 2.75) is 44.1 Å². The van der Waals surface area contributed by atoms with Gasteiger partial charge in [0.05, 0.1) is 6.04 Å². The van der Waals surface area contributed by atoms with Gasteiger partial charge in [-0.05, 0) is 48.1 Å². The highest BCUT2D eigenvalue weighted by Gasteiger charge is 2.28. The first kappa shape index (κ1) is 17.2. The molecule has 2 aromatic rings. The maximum Gasteiger partial charge on any atom is 0.254 e. The molecule has 1 atom stereocenters. The van der Waals surface area contributed by atoms with E-state index in [4.69, 9.17) is 0 Å². The Morgan fingerprint density at radius 1 is 1.04 bits per heavy atom. The first-order valence-corrected chi connectivity index (χ1v) is 9.84. The minimum atomic E-state index is 0.0444. The van der Waals surface area contributed by atoms with Crippen LogP contribution in [0, 0.1) is 0 Å². The molecule has 1 aliphatic heterocycles. The average molecular weight is 349 g/mol. The number of nitrogens with zero attached hydrogens (tertiary/aromatic N) is 2. The number of carbonyl (C=O) groups excluding carboxylic acids is 1. The number of hydrogen-bond donors (Lipinski definition) is 1. The molecular formula is C22H27N3O. The van der Waals surface area contributed by atoms with E-state index < -0.39 is 0 Å². The fourth-order valence-electron chi connectivity index (χ4n) is 4.32. The van der Waals surface area contributed by atoms with E-state index in [9.17, 15) is 4.79 Å². The maximum atomic E-state index is 13.1. The highest BCUT2D eigenvalue weighted by atomic mass is 16.2. The van der Waals surface area contributed by atoms with Crippen LogP contribution < -0.4 is 5.32 Å². The lowest BCUT2D eigenvalue weighted by atomic mass is 9.84. The topological polar surface area (TPSA) is 45.2 Å². The summed E-state index contributed by atoms with van der Waals surface area (Å²) in [5.41, 5.74) is 3.28. The third kappa shape index (κ3) is 3.65. The van der Waals surface area contributed by atoms with Crippen molar-refractivity contribution in [1.29, 1.82) is 0 Å². The zero-order valence-corrected chi connectivity index (χ0v) is 15.2. The molecule has 1 amide bonds. The van der Waals surface area contributed by atoms with Crippen molar-refractivity contribution in [2.24, 2.45) is 0 Å². The van der Waals surface area contributed by atoms with E-state index >= 15 is 0 Å². The summed E-state index contributed by atoms with van der Waals surface area (Å²) >= 11 is 0. The van der Waals surface area contributed by atoms with Gasteiger partial charge in [-0.25, -0.2) is 0 Å². The van der Waals surface area contributed by atoms with Crippen molar-refractivity contribution < 1.29 is 4.79 Å². The molecule has 136 valence electrons. The van der Waals surface area contributed by atoms with E-state index in [-0.39, 0.29) is 11.9 Å². The lowest BCUT2D eigenvalue weighted by Crippen LogP contribution is -2.48. The van der Waals surface area contributed by atoms with Crippen LogP contribution in [0.25, 0.3) is 0 Å². The van der Waals surface area contributed by atoms with Crippen LogP contribution in [0.3, 0.4) is 0 Å². The van der Waals surface area contributed by atoms with Crippen molar-refractivity contribution in [3.05, 3.63) is 65.5 Å². The number of hydrogen-bond acceptors (Lipinski definition) is 3. The van der Waals surface area contributed by atoms with E-state index in [1.807, 2.05) is 29.3 Å². The van der Waals surface area contributed by atoms with Gasteiger partial charge < -0.3 is 10.2 Å². The van der Waals surface area contributed by atoms with Crippen molar-refractivity contribution in [1.82, 2.24) is 15.2 Å². The normalized spacial score (nSPS) is 21.5. The van der Waals surface area contributed by atoms with Gasteiger partial charge in [-0.15, -0.1) is 0 Å². The molecule has 2 fully saturated rings. The minimum Gasteiger partial charge on any atom is -0.329 e. The summed E-state index contributed by atoms with van der Waals surface area (Å²) in [7, 11) is 0. The van der Waals surface area contributed by atoms with Crippen LogP contribution in [0.15, 0.2) is 48.8 Å². The second kappa shape index (κ2) is 8.00. The van der Waals surface area contributed by atoms with Crippen LogP contribution in [0.2, 0.25) is 0 Å². The summed E-state index contributed by atoms with van der Waals surface area (Å²) in [5.74, 6) is 0.797. The molecule has 2 aliphatic rings. The largest absolute Gasteiger partial charge is 0.329 e. The SMILES string of the molecule is O=C(c1ccc(C2CCCCC2)cc1)N1CCNCC1c1cccnc1. The zero-order chi connectivity index (χ0) is 17.8. The molecule has 1 aliphatic carbocycles. The van der Waals surface area contributed by atoms with Gasteiger partial charge in [-0.2, -0.15) is 0 Å². The minimum absolute atomic E-state index is 0.0444.